The van der Waals surface area contributed by atoms with Crippen molar-refractivity contribution in [2.45, 2.75) is 70.6 Å². The van der Waals surface area contributed by atoms with Crippen LogP contribution in [0.1, 0.15) is 76.2 Å². The van der Waals surface area contributed by atoms with Gasteiger partial charge in [0.25, 0.3) is 10.1 Å². The Hall–Kier alpha value is -0.870. The van der Waals surface area contributed by atoms with E-state index < -0.39 is 10.1 Å². The summed E-state index contributed by atoms with van der Waals surface area (Å²) in [5.74, 6) is -0.274. The lowest BCUT2D eigenvalue weighted by atomic mass is 9.94. The molecule has 0 aromatic heterocycles. The molecule has 0 aliphatic rings. The van der Waals surface area contributed by atoms with Crippen LogP contribution >= 0.6 is 0 Å². The number of hydrogen-bond acceptors (Lipinski definition) is 2. The summed E-state index contributed by atoms with van der Waals surface area (Å²) in [4.78, 5) is 0. The van der Waals surface area contributed by atoms with Gasteiger partial charge in [-0.1, -0.05) is 88.6 Å². The summed E-state index contributed by atoms with van der Waals surface area (Å²) in [7, 11) is -3.93. The van der Waals surface area contributed by atoms with Gasteiger partial charge < -0.3 is 0 Å². The van der Waals surface area contributed by atoms with E-state index in [1.54, 1.807) is 0 Å². The lowest BCUT2D eigenvalue weighted by Gasteiger charge is -2.15. The number of rotatable bonds is 12. The Kier molecular flexibility index (Phi) is 9.41. The van der Waals surface area contributed by atoms with Crippen LogP contribution in [0.4, 0.5) is 0 Å². The van der Waals surface area contributed by atoms with Gasteiger partial charge in [-0.05, 0) is 12.0 Å². The third-order valence-corrected chi connectivity index (χ3v) is 4.91. The molecule has 0 saturated carbocycles. The van der Waals surface area contributed by atoms with E-state index in [2.05, 4.69) is 6.92 Å². The fraction of sp³-hybridized carbons (Fsp3) is 0.667. The van der Waals surface area contributed by atoms with Gasteiger partial charge in [0.05, 0.1) is 5.75 Å². The van der Waals surface area contributed by atoms with Crippen molar-refractivity contribution in [3.63, 3.8) is 0 Å². The van der Waals surface area contributed by atoms with E-state index in [1.807, 2.05) is 30.3 Å². The third-order valence-electron chi connectivity index (χ3n) is 4.09. The van der Waals surface area contributed by atoms with Crippen molar-refractivity contribution in [2.75, 3.05) is 5.75 Å². The van der Waals surface area contributed by atoms with Crippen molar-refractivity contribution in [3.8, 4) is 0 Å². The summed E-state index contributed by atoms with van der Waals surface area (Å²) in [5, 5.41) is 0. The van der Waals surface area contributed by atoms with E-state index in [0.29, 0.717) is 0 Å². The second kappa shape index (κ2) is 10.8. The molecule has 0 heterocycles. The molecule has 3 nitrogen and oxygen atoms in total. The van der Waals surface area contributed by atoms with Crippen molar-refractivity contribution >= 4 is 10.1 Å². The van der Waals surface area contributed by atoms with Gasteiger partial charge in [0, 0.05) is 5.92 Å². The van der Waals surface area contributed by atoms with E-state index in [-0.39, 0.29) is 11.7 Å². The molecule has 1 atom stereocenters. The maximum Gasteiger partial charge on any atom is 0.265 e. The largest absolute Gasteiger partial charge is 0.286 e. The molecule has 1 unspecified atom stereocenters. The number of hydrogen-bond donors (Lipinski definition) is 1. The summed E-state index contributed by atoms with van der Waals surface area (Å²) < 4.78 is 31.6. The minimum Gasteiger partial charge on any atom is -0.286 e. The molecule has 4 heteroatoms. The average molecular weight is 327 g/mol. The van der Waals surface area contributed by atoms with Gasteiger partial charge in [0.2, 0.25) is 0 Å². The van der Waals surface area contributed by atoms with Crippen LogP contribution in [0.2, 0.25) is 0 Å². The molecular formula is C18H30O3S. The van der Waals surface area contributed by atoms with Crippen LogP contribution in [0, 0.1) is 0 Å². The Bertz CT molecular complexity index is 482. The van der Waals surface area contributed by atoms with E-state index in [1.165, 1.54) is 38.5 Å². The molecule has 0 amide bonds. The van der Waals surface area contributed by atoms with Crippen LogP contribution in [0.15, 0.2) is 30.3 Å². The first-order chi connectivity index (χ1) is 10.5. The molecule has 0 saturated heterocycles. The predicted octanol–water partition coefficient (Wildman–Crippen LogP) is 5.19. The molecule has 0 aliphatic heterocycles. The standard InChI is InChI=1S/C18H30O3S/c1-2-3-4-5-6-7-8-10-15-18(16-22(19,20)21)17-13-11-9-12-14-17/h9,11-14,18H,2-8,10,15-16H2,1H3,(H,19,20,21). The number of unbranched alkanes of at least 4 members (excludes halogenated alkanes) is 7. The lowest BCUT2D eigenvalue weighted by Crippen LogP contribution is -2.14. The molecule has 0 fully saturated rings. The van der Waals surface area contributed by atoms with Crippen LogP contribution in [0.25, 0.3) is 0 Å². The third kappa shape index (κ3) is 9.21. The summed E-state index contributed by atoms with van der Waals surface area (Å²) >= 11 is 0. The molecule has 1 aromatic rings. The molecule has 0 spiro atoms. The fourth-order valence-electron chi connectivity index (χ4n) is 2.85. The molecule has 126 valence electrons. The van der Waals surface area contributed by atoms with Crippen molar-refractivity contribution in [3.05, 3.63) is 35.9 Å². The zero-order chi connectivity index (χ0) is 16.3. The molecule has 1 rings (SSSR count). The molecular weight excluding hydrogens is 296 g/mol. The summed E-state index contributed by atoms with van der Waals surface area (Å²) in [6.45, 7) is 2.22. The molecule has 1 N–H and O–H groups in total. The van der Waals surface area contributed by atoms with Gasteiger partial charge in [-0.2, -0.15) is 8.42 Å². The van der Waals surface area contributed by atoms with Gasteiger partial charge >= 0.3 is 0 Å². The van der Waals surface area contributed by atoms with Gasteiger partial charge in [-0.15, -0.1) is 0 Å². The first-order valence-electron chi connectivity index (χ1n) is 8.53. The Balaban J connectivity index is 2.33. The van der Waals surface area contributed by atoms with Crippen LogP contribution in [-0.2, 0) is 10.1 Å². The summed E-state index contributed by atoms with van der Waals surface area (Å²) in [5.41, 5.74) is 1.00. The summed E-state index contributed by atoms with van der Waals surface area (Å²) in [6.07, 6.45) is 10.7. The average Bonchev–Trinajstić information content (AvgIpc) is 2.48. The van der Waals surface area contributed by atoms with Crippen molar-refractivity contribution < 1.29 is 13.0 Å². The number of benzene rings is 1. The lowest BCUT2D eigenvalue weighted by molar-refractivity contribution is 0.470. The van der Waals surface area contributed by atoms with Gasteiger partial charge in [-0.3, -0.25) is 4.55 Å². The SMILES string of the molecule is CCCCCCCCCCC(CS(=O)(=O)O)c1ccccc1. The smallest absolute Gasteiger partial charge is 0.265 e. The minimum absolute atomic E-state index is 0.101. The summed E-state index contributed by atoms with van der Waals surface area (Å²) in [6, 6.07) is 9.64. The highest BCUT2D eigenvalue weighted by Gasteiger charge is 2.18. The normalized spacial score (nSPS) is 13.2. The monoisotopic (exact) mass is 326 g/mol. The minimum atomic E-state index is -3.93. The van der Waals surface area contributed by atoms with Gasteiger partial charge in [-0.25, -0.2) is 0 Å². The second-order valence-corrected chi connectivity index (χ2v) is 7.62. The second-order valence-electron chi connectivity index (χ2n) is 6.12. The first kappa shape index (κ1) is 19.2. The van der Waals surface area contributed by atoms with Gasteiger partial charge in [0.1, 0.15) is 0 Å². The van der Waals surface area contributed by atoms with E-state index in [4.69, 9.17) is 4.55 Å². The van der Waals surface area contributed by atoms with E-state index in [9.17, 15) is 8.42 Å². The van der Waals surface area contributed by atoms with Crippen molar-refractivity contribution in [1.82, 2.24) is 0 Å². The molecule has 0 bridgehead atoms. The van der Waals surface area contributed by atoms with Crippen molar-refractivity contribution in [2.24, 2.45) is 0 Å². The quantitative estimate of drug-likeness (QED) is 0.425. The van der Waals surface area contributed by atoms with E-state index >= 15 is 0 Å². The molecule has 0 radical (unpaired) electrons. The fourth-order valence-corrected chi connectivity index (χ4v) is 3.72. The van der Waals surface area contributed by atoms with Crippen molar-refractivity contribution in [1.29, 1.82) is 0 Å². The van der Waals surface area contributed by atoms with Gasteiger partial charge in [0.15, 0.2) is 0 Å². The Morgan fingerprint density at radius 3 is 2.00 bits per heavy atom. The van der Waals surface area contributed by atoms with E-state index in [0.717, 1.165) is 24.8 Å². The highest BCUT2D eigenvalue weighted by Crippen LogP contribution is 2.24. The van der Waals surface area contributed by atoms with Crippen LogP contribution in [-0.4, -0.2) is 18.7 Å². The maximum atomic E-state index is 11.2. The first-order valence-corrected chi connectivity index (χ1v) is 10.1. The topological polar surface area (TPSA) is 54.4 Å². The van der Waals surface area contributed by atoms with Crippen LogP contribution in [0.3, 0.4) is 0 Å². The zero-order valence-corrected chi connectivity index (χ0v) is 14.5. The van der Waals surface area contributed by atoms with Crippen LogP contribution in [0.5, 0.6) is 0 Å². The van der Waals surface area contributed by atoms with Crippen LogP contribution < -0.4 is 0 Å². The molecule has 22 heavy (non-hydrogen) atoms. The maximum absolute atomic E-state index is 11.2. The highest BCUT2D eigenvalue weighted by molar-refractivity contribution is 7.85. The predicted molar refractivity (Wildman–Crippen MR) is 92.8 cm³/mol. The highest BCUT2D eigenvalue weighted by atomic mass is 32.2. The Morgan fingerprint density at radius 2 is 1.45 bits per heavy atom. The Labute approximate surface area is 135 Å². The molecule has 0 aliphatic carbocycles. The zero-order valence-electron chi connectivity index (χ0n) is 13.7. The Morgan fingerprint density at radius 1 is 0.909 bits per heavy atom. The molecule has 1 aromatic carbocycles.